The van der Waals surface area contributed by atoms with E-state index in [1.54, 1.807) is 24.3 Å². The summed E-state index contributed by atoms with van der Waals surface area (Å²) in [5, 5.41) is 0. The molecule has 0 saturated carbocycles. The van der Waals surface area contributed by atoms with Crippen molar-refractivity contribution in [3.63, 3.8) is 0 Å². The number of piperidine rings is 1. The normalized spacial score (nSPS) is 15.7. The third-order valence-corrected chi connectivity index (χ3v) is 7.17. The predicted octanol–water partition coefficient (Wildman–Crippen LogP) is 3.97. The molecule has 27 heavy (non-hydrogen) atoms. The zero-order chi connectivity index (χ0) is 19.3. The van der Waals surface area contributed by atoms with Crippen LogP contribution in [0, 0.1) is 5.92 Å². The van der Waals surface area contributed by atoms with E-state index in [1.807, 2.05) is 17.9 Å². The van der Waals surface area contributed by atoms with Crippen molar-refractivity contribution >= 4 is 15.7 Å². The summed E-state index contributed by atoms with van der Waals surface area (Å²) >= 11 is 0. The molecule has 4 nitrogen and oxygen atoms in total. The first kappa shape index (κ1) is 19.6. The average Bonchev–Trinajstić information content (AvgIpc) is 2.69. The lowest BCUT2D eigenvalue weighted by atomic mass is 9.90. The van der Waals surface area contributed by atoms with Crippen LogP contribution in [0.1, 0.15) is 42.1 Å². The number of likely N-dealkylation sites (tertiary alicyclic amines) is 1. The van der Waals surface area contributed by atoms with E-state index in [4.69, 9.17) is 0 Å². The van der Waals surface area contributed by atoms with E-state index in [2.05, 4.69) is 24.3 Å². The van der Waals surface area contributed by atoms with Gasteiger partial charge in [0, 0.05) is 13.1 Å². The fourth-order valence-corrected chi connectivity index (χ4v) is 5.28. The van der Waals surface area contributed by atoms with Crippen molar-refractivity contribution in [2.45, 2.75) is 37.5 Å². The van der Waals surface area contributed by atoms with Crippen molar-refractivity contribution in [1.29, 1.82) is 0 Å². The van der Waals surface area contributed by atoms with Crippen LogP contribution in [0.25, 0.3) is 0 Å². The standard InChI is InChI=1S/C22H27NO3S/c1-2-16-27(25,26)21-11-7-6-10-20(21)22(24)23-14-12-19(13-15-23)17-18-8-4-3-5-9-18/h3-11,19H,2,12-17H2,1H3. The second-order valence-corrected chi connectivity index (χ2v) is 9.32. The SMILES string of the molecule is CCCS(=O)(=O)c1ccccc1C(=O)N1CCC(Cc2ccccc2)CC1. The van der Waals surface area contributed by atoms with Gasteiger partial charge in [-0.25, -0.2) is 8.42 Å². The number of amides is 1. The summed E-state index contributed by atoms with van der Waals surface area (Å²) in [6.07, 6.45) is 3.47. The number of carbonyl (C=O) groups excluding carboxylic acids is 1. The molecule has 0 N–H and O–H groups in total. The largest absolute Gasteiger partial charge is 0.339 e. The minimum absolute atomic E-state index is 0.0659. The Morgan fingerprint density at radius 2 is 1.63 bits per heavy atom. The molecule has 0 unspecified atom stereocenters. The van der Waals surface area contributed by atoms with Crippen LogP contribution in [0.4, 0.5) is 0 Å². The highest BCUT2D eigenvalue weighted by Crippen LogP contribution is 2.25. The zero-order valence-electron chi connectivity index (χ0n) is 15.8. The van der Waals surface area contributed by atoms with Crippen molar-refractivity contribution in [3.8, 4) is 0 Å². The lowest BCUT2D eigenvalue weighted by molar-refractivity contribution is 0.0686. The molecule has 0 atom stereocenters. The Labute approximate surface area is 162 Å². The molecule has 3 rings (SSSR count). The number of sulfone groups is 1. The summed E-state index contributed by atoms with van der Waals surface area (Å²) in [7, 11) is -3.42. The van der Waals surface area contributed by atoms with Gasteiger partial charge in [-0.2, -0.15) is 0 Å². The molecule has 1 heterocycles. The highest BCUT2D eigenvalue weighted by atomic mass is 32.2. The summed E-state index contributed by atoms with van der Waals surface area (Å²) in [5.74, 6) is 0.468. The second kappa shape index (κ2) is 8.70. The van der Waals surface area contributed by atoms with Gasteiger partial charge in [0.1, 0.15) is 0 Å². The van der Waals surface area contributed by atoms with Gasteiger partial charge in [-0.05, 0) is 49.3 Å². The van der Waals surface area contributed by atoms with Crippen LogP contribution in [0.5, 0.6) is 0 Å². The van der Waals surface area contributed by atoms with Crippen molar-refractivity contribution in [1.82, 2.24) is 4.90 Å². The molecule has 0 aromatic heterocycles. The average molecular weight is 386 g/mol. The third-order valence-electron chi connectivity index (χ3n) is 5.19. The van der Waals surface area contributed by atoms with E-state index >= 15 is 0 Å². The van der Waals surface area contributed by atoms with Gasteiger partial charge in [0.25, 0.3) is 5.91 Å². The lowest BCUT2D eigenvalue weighted by Gasteiger charge is -2.32. The Kier molecular flexibility index (Phi) is 6.32. The Morgan fingerprint density at radius 1 is 1.00 bits per heavy atom. The molecule has 1 aliphatic rings. The molecule has 1 amide bonds. The fraction of sp³-hybridized carbons (Fsp3) is 0.409. The van der Waals surface area contributed by atoms with Crippen LogP contribution in [0.3, 0.4) is 0 Å². The molecular weight excluding hydrogens is 358 g/mol. The predicted molar refractivity (Wildman–Crippen MR) is 108 cm³/mol. The van der Waals surface area contributed by atoms with Gasteiger partial charge in [0.15, 0.2) is 9.84 Å². The maximum Gasteiger partial charge on any atom is 0.255 e. The maximum absolute atomic E-state index is 13.0. The molecule has 0 radical (unpaired) electrons. The summed E-state index contributed by atoms with van der Waals surface area (Å²) in [5.41, 5.74) is 1.64. The minimum Gasteiger partial charge on any atom is -0.339 e. The number of rotatable bonds is 6. The Balaban J connectivity index is 1.68. The minimum atomic E-state index is -3.42. The van der Waals surface area contributed by atoms with Crippen molar-refractivity contribution in [2.24, 2.45) is 5.92 Å². The van der Waals surface area contributed by atoms with Crippen LogP contribution in [0.15, 0.2) is 59.5 Å². The van der Waals surface area contributed by atoms with Gasteiger partial charge < -0.3 is 4.90 Å². The van der Waals surface area contributed by atoms with E-state index in [1.165, 1.54) is 5.56 Å². The Hall–Kier alpha value is -2.14. The number of benzene rings is 2. The highest BCUT2D eigenvalue weighted by molar-refractivity contribution is 7.91. The van der Waals surface area contributed by atoms with Crippen LogP contribution >= 0.6 is 0 Å². The molecular formula is C22H27NO3S. The maximum atomic E-state index is 13.0. The molecule has 1 fully saturated rings. The number of carbonyl (C=O) groups is 1. The number of nitrogens with zero attached hydrogens (tertiary/aromatic N) is 1. The molecule has 0 bridgehead atoms. The van der Waals surface area contributed by atoms with E-state index in [0.29, 0.717) is 31.0 Å². The van der Waals surface area contributed by atoms with Gasteiger partial charge in [0.05, 0.1) is 16.2 Å². The summed E-state index contributed by atoms with van der Waals surface area (Å²) in [6.45, 7) is 3.19. The smallest absolute Gasteiger partial charge is 0.255 e. The molecule has 5 heteroatoms. The monoisotopic (exact) mass is 385 g/mol. The van der Waals surface area contributed by atoms with Crippen LogP contribution in [0.2, 0.25) is 0 Å². The van der Waals surface area contributed by atoms with Gasteiger partial charge in [-0.15, -0.1) is 0 Å². The Morgan fingerprint density at radius 3 is 2.30 bits per heavy atom. The molecule has 1 saturated heterocycles. The van der Waals surface area contributed by atoms with Crippen LogP contribution in [-0.4, -0.2) is 38.1 Å². The summed E-state index contributed by atoms with van der Waals surface area (Å²) in [4.78, 5) is 15.0. The number of hydrogen-bond acceptors (Lipinski definition) is 3. The first-order chi connectivity index (χ1) is 13.0. The van der Waals surface area contributed by atoms with E-state index in [9.17, 15) is 13.2 Å². The molecule has 2 aromatic rings. The molecule has 0 spiro atoms. The molecule has 2 aromatic carbocycles. The van der Waals surface area contributed by atoms with Crippen LogP contribution in [-0.2, 0) is 16.3 Å². The highest BCUT2D eigenvalue weighted by Gasteiger charge is 2.28. The van der Waals surface area contributed by atoms with Crippen molar-refractivity contribution < 1.29 is 13.2 Å². The molecule has 1 aliphatic heterocycles. The fourth-order valence-electron chi connectivity index (χ4n) is 3.75. The van der Waals surface area contributed by atoms with Crippen LogP contribution < -0.4 is 0 Å². The summed E-state index contributed by atoms with van der Waals surface area (Å²) in [6, 6.07) is 17.0. The van der Waals surface area contributed by atoms with Gasteiger partial charge in [-0.1, -0.05) is 49.4 Å². The van der Waals surface area contributed by atoms with Gasteiger partial charge >= 0.3 is 0 Å². The topological polar surface area (TPSA) is 54.5 Å². The van der Waals surface area contributed by atoms with Crippen molar-refractivity contribution in [3.05, 3.63) is 65.7 Å². The van der Waals surface area contributed by atoms with E-state index in [-0.39, 0.29) is 16.6 Å². The lowest BCUT2D eigenvalue weighted by Crippen LogP contribution is -2.39. The summed E-state index contributed by atoms with van der Waals surface area (Å²) < 4.78 is 25.0. The zero-order valence-corrected chi connectivity index (χ0v) is 16.6. The van der Waals surface area contributed by atoms with Gasteiger partial charge in [0.2, 0.25) is 0 Å². The second-order valence-electron chi connectivity index (χ2n) is 7.24. The van der Waals surface area contributed by atoms with Crippen molar-refractivity contribution in [2.75, 3.05) is 18.8 Å². The first-order valence-electron chi connectivity index (χ1n) is 9.66. The van der Waals surface area contributed by atoms with E-state index in [0.717, 1.165) is 19.3 Å². The van der Waals surface area contributed by atoms with Gasteiger partial charge in [-0.3, -0.25) is 4.79 Å². The molecule has 144 valence electrons. The number of hydrogen-bond donors (Lipinski definition) is 0. The first-order valence-corrected chi connectivity index (χ1v) is 11.3. The molecule has 0 aliphatic carbocycles. The Bertz CT molecular complexity index is 869. The third kappa shape index (κ3) is 4.78. The van der Waals surface area contributed by atoms with E-state index < -0.39 is 9.84 Å². The quantitative estimate of drug-likeness (QED) is 0.756.